The number of nitrogens with one attached hydrogen (secondary N) is 2. The van der Waals surface area contributed by atoms with E-state index in [4.69, 9.17) is 9.47 Å². The molecule has 1 aliphatic heterocycles. The molecule has 3 aromatic rings. The number of hydrogen-bond donors (Lipinski definition) is 2. The fourth-order valence-corrected chi connectivity index (χ4v) is 3.48. The molecular weight excluding hydrogens is 376 g/mol. The van der Waals surface area contributed by atoms with E-state index in [1.165, 1.54) is 11.3 Å². The summed E-state index contributed by atoms with van der Waals surface area (Å²) in [4.78, 5) is 25.0. The van der Waals surface area contributed by atoms with Crippen LogP contribution in [-0.4, -0.2) is 31.1 Å². The molecule has 0 bridgehead atoms. The van der Waals surface area contributed by atoms with E-state index in [1.54, 1.807) is 35.7 Å². The zero-order chi connectivity index (χ0) is 19.3. The molecule has 1 aromatic heterocycles. The highest BCUT2D eigenvalue weighted by atomic mass is 32.1. The van der Waals surface area contributed by atoms with Crippen molar-refractivity contribution in [3.63, 3.8) is 0 Å². The van der Waals surface area contributed by atoms with Gasteiger partial charge in [0.25, 0.3) is 11.8 Å². The van der Waals surface area contributed by atoms with Crippen LogP contribution in [0.3, 0.4) is 0 Å². The van der Waals surface area contributed by atoms with E-state index >= 15 is 0 Å². The van der Waals surface area contributed by atoms with Crippen molar-refractivity contribution < 1.29 is 19.1 Å². The number of carbonyl (C=O) groups is 2. The minimum absolute atomic E-state index is 0.248. The molecule has 0 fully saturated rings. The maximum Gasteiger partial charge on any atom is 0.256 e. The van der Waals surface area contributed by atoms with E-state index in [1.807, 2.05) is 29.6 Å². The van der Waals surface area contributed by atoms with Crippen LogP contribution in [0.25, 0.3) is 0 Å². The van der Waals surface area contributed by atoms with Crippen LogP contribution in [0.1, 0.15) is 20.7 Å². The first kappa shape index (κ1) is 18.1. The lowest BCUT2D eigenvalue weighted by molar-refractivity contribution is 0.0789. The molecule has 4 rings (SSSR count). The standard InChI is InChI=1S/C21H18N2O4S/c24-20(14-9-10-28-13-14)23-17-6-2-1-5-16(17)21(25)22-11-15-12-26-18-7-3-4-8-19(18)27-15/h1-10,13,15H,11-12H2,(H,22,25)(H,23,24). The van der Waals surface area contributed by atoms with Gasteiger partial charge in [-0.25, -0.2) is 0 Å². The van der Waals surface area contributed by atoms with Gasteiger partial charge in [0.1, 0.15) is 12.7 Å². The quantitative estimate of drug-likeness (QED) is 0.694. The zero-order valence-electron chi connectivity index (χ0n) is 14.9. The van der Waals surface area contributed by atoms with Crippen molar-refractivity contribution >= 4 is 28.8 Å². The molecule has 1 aliphatic rings. The second-order valence-electron chi connectivity index (χ2n) is 6.22. The zero-order valence-corrected chi connectivity index (χ0v) is 15.7. The molecule has 2 aromatic carbocycles. The first-order valence-electron chi connectivity index (χ1n) is 8.80. The lowest BCUT2D eigenvalue weighted by Gasteiger charge is -2.26. The summed E-state index contributed by atoms with van der Waals surface area (Å²) in [6.45, 7) is 0.647. The number of amides is 2. The average Bonchev–Trinajstić information content (AvgIpc) is 3.27. The molecule has 2 amide bonds. The SMILES string of the molecule is O=C(Nc1ccccc1C(=O)NCC1COc2ccccc2O1)c1ccsc1. The third kappa shape index (κ3) is 3.99. The second-order valence-corrected chi connectivity index (χ2v) is 7.00. The van der Waals surface area contributed by atoms with Gasteiger partial charge in [0.05, 0.1) is 23.4 Å². The Labute approximate surface area is 166 Å². The highest BCUT2D eigenvalue weighted by Crippen LogP contribution is 2.30. The second kappa shape index (κ2) is 8.14. The topological polar surface area (TPSA) is 76.7 Å². The first-order valence-corrected chi connectivity index (χ1v) is 9.74. The molecule has 2 N–H and O–H groups in total. The Hall–Kier alpha value is -3.32. The summed E-state index contributed by atoms with van der Waals surface area (Å²) in [5.41, 5.74) is 1.41. The summed E-state index contributed by atoms with van der Waals surface area (Å²) in [5.74, 6) is 0.828. The fourth-order valence-electron chi connectivity index (χ4n) is 2.84. The monoisotopic (exact) mass is 394 g/mol. The molecule has 142 valence electrons. The molecule has 0 spiro atoms. The van der Waals surface area contributed by atoms with Crippen LogP contribution in [0, 0.1) is 0 Å². The van der Waals surface area contributed by atoms with Crippen molar-refractivity contribution in [2.75, 3.05) is 18.5 Å². The molecule has 2 heterocycles. The van der Waals surface area contributed by atoms with Crippen LogP contribution >= 0.6 is 11.3 Å². The van der Waals surface area contributed by atoms with Gasteiger partial charge in [-0.3, -0.25) is 9.59 Å². The lowest BCUT2D eigenvalue weighted by atomic mass is 10.1. The number of hydrogen-bond acceptors (Lipinski definition) is 5. The molecule has 0 aliphatic carbocycles. The Balaban J connectivity index is 1.39. The minimum atomic E-state index is -0.288. The number of rotatable bonds is 5. The van der Waals surface area contributed by atoms with Crippen molar-refractivity contribution in [3.8, 4) is 11.5 Å². The number of para-hydroxylation sites is 3. The maximum absolute atomic E-state index is 12.7. The van der Waals surface area contributed by atoms with Crippen molar-refractivity contribution in [2.45, 2.75) is 6.10 Å². The lowest BCUT2D eigenvalue weighted by Crippen LogP contribution is -2.40. The van der Waals surface area contributed by atoms with Crippen molar-refractivity contribution in [1.82, 2.24) is 5.32 Å². The van der Waals surface area contributed by atoms with E-state index in [9.17, 15) is 9.59 Å². The summed E-state index contributed by atoms with van der Waals surface area (Å²) in [5, 5.41) is 9.24. The fraction of sp³-hybridized carbons (Fsp3) is 0.143. The van der Waals surface area contributed by atoms with Crippen LogP contribution < -0.4 is 20.1 Å². The molecule has 6 nitrogen and oxygen atoms in total. The van der Waals surface area contributed by atoms with E-state index in [-0.39, 0.29) is 17.9 Å². The van der Waals surface area contributed by atoms with E-state index in [2.05, 4.69) is 10.6 Å². The van der Waals surface area contributed by atoms with E-state index in [0.717, 1.165) is 0 Å². The van der Waals surface area contributed by atoms with Crippen molar-refractivity contribution in [2.24, 2.45) is 0 Å². The predicted molar refractivity (Wildman–Crippen MR) is 107 cm³/mol. The van der Waals surface area contributed by atoms with Gasteiger partial charge in [0.2, 0.25) is 0 Å². The number of ether oxygens (including phenoxy) is 2. The van der Waals surface area contributed by atoms with Crippen LogP contribution in [0.5, 0.6) is 11.5 Å². The molecule has 28 heavy (non-hydrogen) atoms. The number of carbonyl (C=O) groups excluding carboxylic acids is 2. The van der Waals surface area contributed by atoms with Gasteiger partial charge >= 0.3 is 0 Å². The molecule has 7 heteroatoms. The molecule has 0 saturated carbocycles. The highest BCUT2D eigenvalue weighted by Gasteiger charge is 2.22. The maximum atomic E-state index is 12.7. The molecule has 0 saturated heterocycles. The van der Waals surface area contributed by atoms with Crippen molar-refractivity contribution in [1.29, 1.82) is 0 Å². The van der Waals surface area contributed by atoms with Crippen molar-refractivity contribution in [3.05, 3.63) is 76.5 Å². The first-order chi connectivity index (χ1) is 13.7. The van der Waals surface area contributed by atoms with E-state index < -0.39 is 0 Å². The highest BCUT2D eigenvalue weighted by molar-refractivity contribution is 7.08. The van der Waals surface area contributed by atoms with Crippen LogP contribution in [0.15, 0.2) is 65.4 Å². The summed E-state index contributed by atoms with van der Waals surface area (Å²) in [7, 11) is 0. The van der Waals surface area contributed by atoms with E-state index in [0.29, 0.717) is 41.5 Å². The minimum Gasteiger partial charge on any atom is -0.486 e. The number of fused-ring (bicyclic) bond motifs is 1. The Morgan fingerprint density at radius 1 is 1.00 bits per heavy atom. The number of anilines is 1. The van der Waals surface area contributed by atoms with Gasteiger partial charge in [-0.1, -0.05) is 24.3 Å². The van der Waals surface area contributed by atoms with Gasteiger partial charge in [0, 0.05) is 5.38 Å². The Morgan fingerprint density at radius 2 is 1.79 bits per heavy atom. The third-order valence-corrected chi connectivity index (χ3v) is 4.94. The molecule has 1 atom stereocenters. The van der Waals surface area contributed by atoms with Gasteiger partial charge in [-0.2, -0.15) is 11.3 Å². The third-order valence-electron chi connectivity index (χ3n) is 4.26. The van der Waals surface area contributed by atoms with Gasteiger partial charge in [0.15, 0.2) is 11.5 Å². The summed E-state index contributed by atoms with van der Waals surface area (Å²) in [6, 6.07) is 16.1. The Kier molecular flexibility index (Phi) is 5.25. The molecular formula is C21H18N2O4S. The summed E-state index contributed by atoms with van der Waals surface area (Å²) < 4.78 is 11.5. The predicted octanol–water partition coefficient (Wildman–Crippen LogP) is 3.57. The summed E-state index contributed by atoms with van der Waals surface area (Å²) in [6.07, 6.45) is -0.286. The number of benzene rings is 2. The van der Waals surface area contributed by atoms with Crippen LogP contribution in [0.2, 0.25) is 0 Å². The average molecular weight is 394 g/mol. The van der Waals surface area contributed by atoms with Crippen LogP contribution in [0.4, 0.5) is 5.69 Å². The smallest absolute Gasteiger partial charge is 0.256 e. The summed E-state index contributed by atoms with van der Waals surface area (Å²) >= 11 is 1.44. The normalized spacial score (nSPS) is 14.9. The van der Waals surface area contributed by atoms with Gasteiger partial charge in [-0.05, 0) is 35.7 Å². The molecule has 0 radical (unpaired) electrons. The Morgan fingerprint density at radius 3 is 2.61 bits per heavy atom. The largest absolute Gasteiger partial charge is 0.486 e. The Bertz CT molecular complexity index is 988. The van der Waals surface area contributed by atoms with Gasteiger partial charge in [-0.15, -0.1) is 0 Å². The van der Waals surface area contributed by atoms with Gasteiger partial charge < -0.3 is 20.1 Å². The van der Waals surface area contributed by atoms with Crippen LogP contribution in [-0.2, 0) is 0 Å². The number of thiophene rings is 1. The molecule has 1 unspecified atom stereocenters.